The van der Waals surface area contributed by atoms with Gasteiger partial charge in [0.2, 0.25) is 0 Å². The normalized spacial score (nSPS) is 12.7. The number of rotatable bonds is 5. The first kappa shape index (κ1) is 15.4. The van der Waals surface area contributed by atoms with Crippen LogP contribution in [0.1, 0.15) is 30.6 Å². The zero-order valence-corrected chi connectivity index (χ0v) is 13.2. The Hall–Kier alpha value is -0.950. The number of nitrogens with two attached hydrogens (primary N) is 1. The van der Waals surface area contributed by atoms with Crippen molar-refractivity contribution < 1.29 is 4.39 Å². The van der Waals surface area contributed by atoms with Crippen molar-refractivity contribution in [3.8, 4) is 0 Å². The van der Waals surface area contributed by atoms with Crippen LogP contribution in [0.3, 0.4) is 0 Å². The Kier molecular flexibility index (Phi) is 5.15. The van der Waals surface area contributed by atoms with Crippen molar-refractivity contribution in [3.63, 3.8) is 0 Å². The van der Waals surface area contributed by atoms with Gasteiger partial charge in [-0.3, -0.25) is 10.5 Å². The van der Waals surface area contributed by atoms with Gasteiger partial charge in [-0.2, -0.15) is 5.10 Å². The number of aromatic nitrogens is 2. The Bertz CT molecular complexity index is 602. The number of nitrogens with zero attached hydrogens (tertiary/aromatic N) is 2. The highest BCUT2D eigenvalue weighted by molar-refractivity contribution is 9.10. The lowest BCUT2D eigenvalue weighted by molar-refractivity contribution is 0.519. The summed E-state index contributed by atoms with van der Waals surface area (Å²) in [5, 5.41) is 4.63. The Morgan fingerprint density at radius 1 is 1.55 bits per heavy atom. The minimum absolute atomic E-state index is 0.323. The molecule has 3 N–H and O–H groups in total. The summed E-state index contributed by atoms with van der Waals surface area (Å²) in [5.74, 6) is 5.29. The molecule has 0 radical (unpaired) electrons. The SMILES string of the molecule is CCCn1ncc(Br)c1C(NN)c1ccc(F)cc1Cl. The van der Waals surface area contributed by atoms with Gasteiger partial charge in [0.25, 0.3) is 0 Å². The predicted octanol–water partition coefficient (Wildman–Crippen LogP) is 3.40. The first-order valence-corrected chi connectivity index (χ1v) is 7.37. The Morgan fingerprint density at radius 2 is 2.30 bits per heavy atom. The van der Waals surface area contributed by atoms with Crippen molar-refractivity contribution in [1.29, 1.82) is 0 Å². The summed E-state index contributed by atoms with van der Waals surface area (Å²) < 4.78 is 15.9. The molecule has 1 aromatic carbocycles. The molecule has 20 heavy (non-hydrogen) atoms. The van der Waals surface area contributed by atoms with Crippen LogP contribution in [0, 0.1) is 5.82 Å². The molecule has 108 valence electrons. The van der Waals surface area contributed by atoms with E-state index in [1.54, 1.807) is 12.3 Å². The highest BCUT2D eigenvalue weighted by atomic mass is 79.9. The topological polar surface area (TPSA) is 55.9 Å². The second-order valence-electron chi connectivity index (χ2n) is 4.37. The molecule has 7 heteroatoms. The molecule has 1 unspecified atom stereocenters. The summed E-state index contributed by atoms with van der Waals surface area (Å²) in [6.45, 7) is 2.83. The maximum absolute atomic E-state index is 13.2. The Balaban J connectivity index is 2.49. The second kappa shape index (κ2) is 6.67. The van der Waals surface area contributed by atoms with Crippen LogP contribution in [0.2, 0.25) is 5.02 Å². The molecule has 0 bridgehead atoms. The minimum atomic E-state index is -0.379. The maximum Gasteiger partial charge on any atom is 0.124 e. The number of hydrazine groups is 1. The van der Waals surface area contributed by atoms with Gasteiger partial charge in [-0.15, -0.1) is 0 Å². The van der Waals surface area contributed by atoms with E-state index in [4.69, 9.17) is 17.4 Å². The van der Waals surface area contributed by atoms with Gasteiger partial charge in [0.15, 0.2) is 0 Å². The molecule has 2 rings (SSSR count). The average molecular weight is 362 g/mol. The third-order valence-corrected chi connectivity index (χ3v) is 3.92. The van der Waals surface area contributed by atoms with Crippen LogP contribution >= 0.6 is 27.5 Å². The molecule has 4 nitrogen and oxygen atoms in total. The number of halogens is 3. The highest BCUT2D eigenvalue weighted by Crippen LogP contribution is 2.32. The van der Waals surface area contributed by atoms with Gasteiger partial charge in [0.1, 0.15) is 5.82 Å². The summed E-state index contributed by atoms with van der Waals surface area (Å²) in [6, 6.07) is 3.89. The van der Waals surface area contributed by atoms with E-state index in [1.165, 1.54) is 12.1 Å². The fourth-order valence-corrected chi connectivity index (χ4v) is 2.90. The summed E-state index contributed by atoms with van der Waals surface area (Å²) in [4.78, 5) is 0. The third kappa shape index (κ3) is 3.03. The molecular formula is C13H15BrClFN4. The lowest BCUT2D eigenvalue weighted by atomic mass is 10.0. The molecule has 1 aromatic heterocycles. The molecule has 0 amide bonds. The van der Waals surface area contributed by atoms with Gasteiger partial charge in [-0.25, -0.2) is 9.82 Å². The van der Waals surface area contributed by atoms with Gasteiger partial charge in [0.05, 0.1) is 22.4 Å². The lowest BCUT2D eigenvalue weighted by Gasteiger charge is -2.20. The van der Waals surface area contributed by atoms with Crippen molar-refractivity contribution >= 4 is 27.5 Å². The summed E-state index contributed by atoms with van der Waals surface area (Å²) >= 11 is 9.59. The molecule has 0 saturated carbocycles. The average Bonchev–Trinajstić information content (AvgIpc) is 2.75. The largest absolute Gasteiger partial charge is 0.271 e. The van der Waals surface area contributed by atoms with E-state index in [0.29, 0.717) is 10.6 Å². The van der Waals surface area contributed by atoms with Crippen LogP contribution in [0.25, 0.3) is 0 Å². The quantitative estimate of drug-likeness (QED) is 0.634. The molecular weight excluding hydrogens is 347 g/mol. The number of aryl methyl sites for hydroxylation is 1. The molecule has 0 aliphatic heterocycles. The second-order valence-corrected chi connectivity index (χ2v) is 5.63. The van der Waals surface area contributed by atoms with E-state index in [-0.39, 0.29) is 11.9 Å². The molecule has 0 aliphatic rings. The van der Waals surface area contributed by atoms with E-state index in [1.807, 2.05) is 4.68 Å². The van der Waals surface area contributed by atoms with Crippen molar-refractivity contribution in [1.82, 2.24) is 15.2 Å². The molecule has 1 atom stereocenters. The summed E-state index contributed by atoms with van der Waals surface area (Å²) in [6.07, 6.45) is 2.66. The van der Waals surface area contributed by atoms with Crippen LogP contribution in [0.15, 0.2) is 28.9 Å². The first-order valence-electron chi connectivity index (χ1n) is 6.20. The maximum atomic E-state index is 13.2. The van der Waals surface area contributed by atoms with Crippen LogP contribution in [0.4, 0.5) is 4.39 Å². The number of nitrogens with one attached hydrogen (secondary N) is 1. The van der Waals surface area contributed by atoms with Crippen molar-refractivity contribution in [2.24, 2.45) is 5.84 Å². The molecule has 0 aliphatic carbocycles. The van der Waals surface area contributed by atoms with E-state index in [0.717, 1.165) is 23.1 Å². The summed E-state index contributed by atoms with van der Waals surface area (Å²) in [5.41, 5.74) is 4.29. The Labute approximate surface area is 130 Å². The lowest BCUT2D eigenvalue weighted by Crippen LogP contribution is -2.31. The predicted molar refractivity (Wildman–Crippen MR) is 80.8 cm³/mol. The Morgan fingerprint density at radius 3 is 2.90 bits per heavy atom. The van der Waals surface area contributed by atoms with E-state index in [9.17, 15) is 4.39 Å². The van der Waals surface area contributed by atoms with Gasteiger partial charge in [-0.1, -0.05) is 24.6 Å². The smallest absolute Gasteiger partial charge is 0.124 e. The van der Waals surface area contributed by atoms with Crippen LogP contribution < -0.4 is 11.3 Å². The van der Waals surface area contributed by atoms with E-state index in [2.05, 4.69) is 33.4 Å². The van der Waals surface area contributed by atoms with Crippen LogP contribution in [-0.2, 0) is 6.54 Å². The zero-order chi connectivity index (χ0) is 14.7. The van der Waals surface area contributed by atoms with Gasteiger partial charge in [-0.05, 0) is 40.0 Å². The van der Waals surface area contributed by atoms with Crippen LogP contribution in [0.5, 0.6) is 0 Å². The number of benzene rings is 1. The third-order valence-electron chi connectivity index (χ3n) is 2.98. The van der Waals surface area contributed by atoms with E-state index >= 15 is 0 Å². The molecule has 0 saturated heterocycles. The highest BCUT2D eigenvalue weighted by Gasteiger charge is 2.23. The summed E-state index contributed by atoms with van der Waals surface area (Å²) in [7, 11) is 0. The molecule has 2 aromatic rings. The van der Waals surface area contributed by atoms with Crippen molar-refractivity contribution in [3.05, 3.63) is 51.0 Å². The van der Waals surface area contributed by atoms with Crippen LogP contribution in [-0.4, -0.2) is 9.78 Å². The molecule has 0 spiro atoms. The first-order chi connectivity index (χ1) is 9.58. The molecule has 0 fully saturated rings. The zero-order valence-electron chi connectivity index (χ0n) is 10.9. The fraction of sp³-hybridized carbons (Fsp3) is 0.308. The van der Waals surface area contributed by atoms with Gasteiger partial charge >= 0.3 is 0 Å². The van der Waals surface area contributed by atoms with Gasteiger partial charge in [0, 0.05) is 11.6 Å². The fourth-order valence-electron chi connectivity index (χ4n) is 2.10. The number of hydrogen-bond acceptors (Lipinski definition) is 3. The standard InChI is InChI=1S/C13H15BrClFN4/c1-2-5-20-13(10(14)7-18-20)12(19-17)9-4-3-8(16)6-11(9)15/h3-4,6-7,12,19H,2,5,17H2,1H3. The van der Waals surface area contributed by atoms with Gasteiger partial charge < -0.3 is 0 Å². The van der Waals surface area contributed by atoms with Crippen molar-refractivity contribution in [2.45, 2.75) is 25.9 Å². The van der Waals surface area contributed by atoms with Crippen molar-refractivity contribution in [2.75, 3.05) is 0 Å². The number of hydrogen-bond donors (Lipinski definition) is 2. The monoisotopic (exact) mass is 360 g/mol. The van der Waals surface area contributed by atoms with E-state index < -0.39 is 0 Å². The molecule has 1 heterocycles. The minimum Gasteiger partial charge on any atom is -0.271 e.